The first-order valence-corrected chi connectivity index (χ1v) is 5.21. The van der Waals surface area contributed by atoms with Gasteiger partial charge in [-0.3, -0.25) is 0 Å². The van der Waals surface area contributed by atoms with Crippen LogP contribution in [0.1, 0.15) is 0 Å². The van der Waals surface area contributed by atoms with Gasteiger partial charge in [-0.15, -0.1) is 23.2 Å². The zero-order valence-corrected chi connectivity index (χ0v) is 8.40. The second-order valence-electron chi connectivity index (χ2n) is 1.52. The largest absolute Gasteiger partial charge is 0.314 e. The maximum Gasteiger partial charge on any atom is 0.0777 e. The first-order chi connectivity index (χ1) is 5.41. The first kappa shape index (κ1) is 15.2. The Morgan fingerprint density at radius 1 is 1.08 bits per heavy atom. The highest BCUT2D eigenvalue weighted by atomic mass is 35.7. The highest BCUT2D eigenvalue weighted by Gasteiger charge is 1.98. The van der Waals surface area contributed by atoms with E-state index in [4.69, 9.17) is 41.8 Å². The van der Waals surface area contributed by atoms with E-state index in [9.17, 15) is 0 Å². The molecule has 76 valence electrons. The highest BCUT2D eigenvalue weighted by molar-refractivity contribution is 6.18. The fourth-order valence-corrected chi connectivity index (χ4v) is 0.526. The minimum atomic E-state index is -4.69. The summed E-state index contributed by atoms with van der Waals surface area (Å²) in [5, 5.41) is 3.02. The van der Waals surface area contributed by atoms with E-state index < -0.39 is 10.2 Å². The molecule has 0 unspecified atom stereocenters. The van der Waals surface area contributed by atoms with Gasteiger partial charge in [-0.2, -0.15) is 14.0 Å². The summed E-state index contributed by atoms with van der Waals surface area (Å²) >= 11 is 10.7. The number of hydrogen-bond acceptors (Lipinski definition) is 5. The predicted octanol–water partition coefficient (Wildman–Crippen LogP) is -3.07. The lowest BCUT2D eigenvalue weighted by Crippen LogP contribution is -2.58. The summed E-state index contributed by atoms with van der Waals surface area (Å²) in [5.41, 5.74) is 0. The summed E-state index contributed by atoms with van der Waals surface area (Å²) in [6, 6.07) is 0. The van der Waals surface area contributed by atoms with Crippen molar-refractivity contribution >= 4 is 23.2 Å². The van der Waals surface area contributed by atoms with Crippen molar-refractivity contribution in [3.05, 3.63) is 0 Å². The average Bonchev–Trinajstić information content (AvgIpc) is 1.85. The van der Waals surface area contributed by atoms with Crippen molar-refractivity contribution < 1.29 is 28.9 Å². The number of halogens is 3. The molecule has 0 aromatic heterocycles. The van der Waals surface area contributed by atoms with Crippen LogP contribution in [0.2, 0.25) is 0 Å². The molecule has 5 nitrogen and oxygen atoms in total. The van der Waals surface area contributed by atoms with Crippen LogP contribution in [0.5, 0.6) is 0 Å². The van der Waals surface area contributed by atoms with Gasteiger partial charge in [0, 0.05) is 24.8 Å². The van der Waals surface area contributed by atoms with E-state index in [-0.39, 0.29) is 0 Å². The normalized spacial score (nSPS) is 10.5. The summed E-state index contributed by atoms with van der Waals surface area (Å²) in [4.78, 5) is 0. The lowest BCUT2D eigenvalue weighted by molar-refractivity contribution is -1.92. The fourth-order valence-electron chi connectivity index (χ4n) is 0.259. The van der Waals surface area contributed by atoms with Crippen molar-refractivity contribution in [2.24, 2.45) is 0 Å². The summed E-state index contributed by atoms with van der Waals surface area (Å²) in [6.45, 7) is 1.71. The summed E-state index contributed by atoms with van der Waals surface area (Å²) in [5.74, 6) is 1.33. The third kappa shape index (κ3) is 45.7. The van der Waals surface area contributed by atoms with E-state index in [1.54, 1.807) is 0 Å². The van der Waals surface area contributed by atoms with Crippen molar-refractivity contribution in [2.45, 2.75) is 0 Å². The molecule has 2 N–H and O–H groups in total. The quantitative estimate of drug-likeness (QED) is 0.402. The maximum atomic E-state index is 8.60. The molecule has 0 rings (SSSR count). The van der Waals surface area contributed by atoms with Gasteiger partial charge in [0.1, 0.15) is 0 Å². The standard InChI is InChI=1S/C4H9Cl2N.ClHO4/c5-1-3-7-4-2-6;2-1(3,4)5/h7H,1-4H2;(H,2,3,4,5). The Morgan fingerprint density at radius 3 is 1.50 bits per heavy atom. The van der Waals surface area contributed by atoms with E-state index in [1.165, 1.54) is 0 Å². The summed E-state index contributed by atoms with van der Waals surface area (Å²) in [6.07, 6.45) is 0. The maximum absolute atomic E-state index is 8.60. The van der Waals surface area contributed by atoms with Crippen LogP contribution in [0.3, 0.4) is 0 Å². The molecule has 0 atom stereocenters. The first-order valence-electron chi connectivity index (χ1n) is 2.87. The van der Waals surface area contributed by atoms with Gasteiger partial charge in [-0.1, -0.05) is 0 Å². The van der Waals surface area contributed by atoms with Crippen LogP contribution in [0.25, 0.3) is 0 Å². The third-order valence-corrected chi connectivity index (χ3v) is 0.921. The topological polar surface area (TPSA) is 101 Å². The fraction of sp³-hybridized carbons (Fsp3) is 1.00. The molecule has 0 radical (unpaired) electrons. The molecule has 0 aromatic carbocycles. The van der Waals surface area contributed by atoms with E-state index in [0.29, 0.717) is 11.8 Å². The summed E-state index contributed by atoms with van der Waals surface area (Å²) in [7, 11) is -4.69. The van der Waals surface area contributed by atoms with Gasteiger partial charge in [0.15, 0.2) is 0 Å². The van der Waals surface area contributed by atoms with Crippen LogP contribution >= 0.6 is 23.2 Å². The van der Waals surface area contributed by atoms with Gasteiger partial charge < -0.3 is 5.32 Å². The minimum Gasteiger partial charge on any atom is -0.314 e. The zero-order chi connectivity index (χ0) is 10.0. The highest BCUT2D eigenvalue weighted by Crippen LogP contribution is 1.71. The van der Waals surface area contributed by atoms with Crippen LogP contribution in [0.15, 0.2) is 0 Å². The molecule has 0 aliphatic heterocycles. The van der Waals surface area contributed by atoms with Crippen molar-refractivity contribution in [1.82, 2.24) is 5.32 Å². The molecule has 0 amide bonds. The van der Waals surface area contributed by atoms with Crippen molar-refractivity contribution in [3.8, 4) is 0 Å². The molecular weight excluding hydrogens is 232 g/mol. The van der Waals surface area contributed by atoms with E-state index in [1.807, 2.05) is 0 Å². The number of alkyl halides is 2. The van der Waals surface area contributed by atoms with Gasteiger partial charge in [0.05, 0.1) is 14.9 Å². The van der Waals surface area contributed by atoms with E-state index in [0.717, 1.165) is 13.1 Å². The second kappa shape index (κ2) is 9.76. The Bertz CT molecular complexity index is 78.9. The number of rotatable bonds is 4. The van der Waals surface area contributed by atoms with E-state index >= 15 is 0 Å². The Balaban J connectivity index is 0. The Kier molecular flexibility index (Phi) is 12.3. The van der Waals surface area contributed by atoms with Crippen LogP contribution in [0, 0.1) is 10.2 Å². The van der Waals surface area contributed by atoms with Crippen molar-refractivity contribution in [1.29, 1.82) is 0 Å². The van der Waals surface area contributed by atoms with Gasteiger partial charge in [-0.25, -0.2) is 0 Å². The molecule has 0 bridgehead atoms. The molecule has 0 saturated heterocycles. The molecule has 0 aliphatic rings. The molecule has 0 fully saturated rings. The van der Waals surface area contributed by atoms with Crippen LogP contribution in [-0.2, 0) is 0 Å². The monoisotopic (exact) mass is 241 g/mol. The Hall–Kier alpha value is 0.670. The molecule has 0 aromatic rings. The van der Waals surface area contributed by atoms with Gasteiger partial charge >= 0.3 is 0 Å². The van der Waals surface area contributed by atoms with E-state index in [2.05, 4.69) is 5.32 Å². The van der Waals surface area contributed by atoms with Gasteiger partial charge in [0.2, 0.25) is 0 Å². The molecule has 0 spiro atoms. The summed E-state index contributed by atoms with van der Waals surface area (Å²) < 4.78 is 32.7. The van der Waals surface area contributed by atoms with Crippen LogP contribution in [-0.4, -0.2) is 29.5 Å². The van der Waals surface area contributed by atoms with Crippen molar-refractivity contribution in [3.63, 3.8) is 0 Å². The number of hydrogen-bond donors (Lipinski definition) is 2. The molecule has 0 saturated carbocycles. The molecule has 0 aliphatic carbocycles. The van der Waals surface area contributed by atoms with Gasteiger partial charge in [-0.05, 0) is 0 Å². The minimum absolute atomic E-state index is 0.664. The molecule has 8 heteroatoms. The lowest BCUT2D eigenvalue weighted by atomic mass is 10.7. The smallest absolute Gasteiger partial charge is 0.0777 e. The Labute approximate surface area is 82.6 Å². The van der Waals surface area contributed by atoms with Gasteiger partial charge in [0.25, 0.3) is 0 Å². The van der Waals surface area contributed by atoms with Crippen molar-refractivity contribution in [2.75, 3.05) is 24.8 Å². The molecule has 12 heavy (non-hydrogen) atoms. The van der Waals surface area contributed by atoms with Crippen LogP contribution in [0.4, 0.5) is 0 Å². The SMILES string of the molecule is ClCCNCCCl.[O-][Cl+3]([O-])([O-])O. The second-order valence-corrected chi connectivity index (χ2v) is 3.07. The third-order valence-electron chi connectivity index (χ3n) is 0.543. The predicted molar refractivity (Wildman–Crippen MR) is 36.5 cm³/mol. The molecule has 0 heterocycles. The zero-order valence-electron chi connectivity index (χ0n) is 6.13. The molecular formula is C4H10Cl3NO4. The number of nitrogens with one attached hydrogen (secondary N) is 1. The Morgan fingerprint density at radius 2 is 1.33 bits per heavy atom. The lowest BCUT2D eigenvalue weighted by Gasteiger charge is -2.03. The van der Waals surface area contributed by atoms with Crippen LogP contribution < -0.4 is 19.3 Å². The average molecular weight is 242 g/mol.